The van der Waals surface area contributed by atoms with Crippen molar-refractivity contribution in [1.82, 2.24) is 4.98 Å². The van der Waals surface area contributed by atoms with Crippen molar-refractivity contribution in [3.63, 3.8) is 0 Å². The summed E-state index contributed by atoms with van der Waals surface area (Å²) in [4.78, 5) is 42.3. The van der Waals surface area contributed by atoms with Crippen molar-refractivity contribution in [2.45, 2.75) is 0 Å². The lowest BCUT2D eigenvalue weighted by molar-refractivity contribution is 0.0980. The summed E-state index contributed by atoms with van der Waals surface area (Å²) in [7, 11) is 0. The van der Waals surface area contributed by atoms with Crippen LogP contribution >= 0.6 is 15.9 Å². The predicted octanol–water partition coefficient (Wildman–Crippen LogP) is 4.22. The molecule has 1 aliphatic carbocycles. The lowest BCUT2D eigenvalue weighted by Crippen LogP contribution is -2.23. The van der Waals surface area contributed by atoms with E-state index in [0.717, 1.165) is 4.47 Å². The lowest BCUT2D eigenvalue weighted by atomic mass is 9.82. The Morgan fingerprint density at radius 1 is 0.731 bits per heavy atom. The van der Waals surface area contributed by atoms with Gasteiger partial charge in [-0.2, -0.15) is 0 Å². The van der Waals surface area contributed by atoms with Crippen molar-refractivity contribution in [3.05, 3.63) is 91.5 Å². The average molecular weight is 404 g/mol. The zero-order valence-corrected chi connectivity index (χ0v) is 14.9. The molecule has 4 nitrogen and oxygen atoms in total. The first-order valence-corrected chi connectivity index (χ1v) is 8.82. The molecule has 0 amide bonds. The Hall–Kier alpha value is -3.05. The monoisotopic (exact) mass is 403 g/mol. The number of nitrogens with one attached hydrogen (secondary N) is 1. The van der Waals surface area contributed by atoms with Crippen molar-refractivity contribution in [3.8, 4) is 0 Å². The van der Waals surface area contributed by atoms with Crippen LogP contribution in [0.4, 0.5) is 0 Å². The van der Waals surface area contributed by atoms with E-state index in [4.69, 9.17) is 0 Å². The van der Waals surface area contributed by atoms with Crippen molar-refractivity contribution in [1.29, 1.82) is 0 Å². The van der Waals surface area contributed by atoms with Gasteiger partial charge in [-0.25, -0.2) is 0 Å². The quantitative estimate of drug-likeness (QED) is 0.393. The van der Waals surface area contributed by atoms with Gasteiger partial charge in [0.2, 0.25) is 0 Å². The number of hydrogen-bond donors (Lipinski definition) is 1. The third-order valence-electron chi connectivity index (χ3n) is 4.82. The number of hydrogen-bond acceptors (Lipinski definition) is 3. The molecule has 0 saturated heterocycles. The fourth-order valence-corrected chi connectivity index (χ4v) is 3.98. The van der Waals surface area contributed by atoms with E-state index in [9.17, 15) is 14.4 Å². The molecule has 5 rings (SSSR count). The van der Waals surface area contributed by atoms with E-state index < -0.39 is 0 Å². The first-order chi connectivity index (χ1) is 12.6. The molecule has 1 N–H and O–H groups in total. The van der Waals surface area contributed by atoms with E-state index in [2.05, 4.69) is 20.9 Å². The van der Waals surface area contributed by atoms with Crippen molar-refractivity contribution < 1.29 is 9.59 Å². The van der Waals surface area contributed by atoms with Crippen molar-refractivity contribution in [2.24, 2.45) is 0 Å². The fraction of sp³-hybridized carbons (Fsp3) is 0. The second-order valence-corrected chi connectivity index (χ2v) is 7.17. The number of benzene rings is 3. The molecular formula is C21H10BrNO3. The number of pyridine rings is 1. The average Bonchev–Trinajstić information content (AvgIpc) is 2.66. The second kappa shape index (κ2) is 5.22. The number of carbonyl (C=O) groups excluding carboxylic acids is 2. The Labute approximate surface area is 155 Å². The Kier molecular flexibility index (Phi) is 3.06. The maximum atomic E-state index is 13.2. The summed E-state index contributed by atoms with van der Waals surface area (Å²) in [6.45, 7) is 0. The molecule has 1 aliphatic rings. The molecule has 3 aromatic carbocycles. The highest BCUT2D eigenvalue weighted by Crippen LogP contribution is 2.31. The Morgan fingerprint density at radius 3 is 2.19 bits per heavy atom. The van der Waals surface area contributed by atoms with Gasteiger partial charge in [-0.05, 0) is 30.3 Å². The molecule has 0 bridgehead atoms. The lowest BCUT2D eigenvalue weighted by Gasteiger charge is -2.19. The van der Waals surface area contributed by atoms with Gasteiger partial charge in [0, 0.05) is 37.6 Å². The summed E-state index contributed by atoms with van der Waals surface area (Å²) in [5, 5.41) is 0.736. The molecule has 0 radical (unpaired) electrons. The summed E-state index contributed by atoms with van der Waals surface area (Å²) < 4.78 is 0.771. The van der Waals surface area contributed by atoms with Gasteiger partial charge >= 0.3 is 0 Å². The SMILES string of the molecule is O=C1c2ccccc2C(=O)c2c1ccc1[nH]c3ccc(Br)cc3c(=O)c21. The van der Waals surface area contributed by atoms with Gasteiger partial charge in [0.25, 0.3) is 0 Å². The van der Waals surface area contributed by atoms with E-state index in [0.29, 0.717) is 27.5 Å². The summed E-state index contributed by atoms with van der Waals surface area (Å²) in [5.41, 5.74) is 2.16. The van der Waals surface area contributed by atoms with Gasteiger partial charge in [-0.15, -0.1) is 0 Å². The normalized spacial score (nSPS) is 13.1. The molecule has 0 atom stereocenters. The molecular weight excluding hydrogens is 394 g/mol. The Morgan fingerprint density at radius 2 is 1.42 bits per heavy atom. The number of aromatic amines is 1. The van der Waals surface area contributed by atoms with Gasteiger partial charge in [0.1, 0.15) is 0 Å². The van der Waals surface area contributed by atoms with E-state index in [1.54, 1.807) is 42.5 Å². The molecule has 0 aliphatic heterocycles. The van der Waals surface area contributed by atoms with Crippen LogP contribution in [0.3, 0.4) is 0 Å². The number of halogens is 1. The Balaban J connectivity index is 1.97. The van der Waals surface area contributed by atoms with Crippen LogP contribution in [0.2, 0.25) is 0 Å². The number of carbonyl (C=O) groups is 2. The second-order valence-electron chi connectivity index (χ2n) is 6.26. The van der Waals surface area contributed by atoms with Crippen LogP contribution in [0.1, 0.15) is 31.8 Å². The van der Waals surface area contributed by atoms with Crippen LogP contribution < -0.4 is 5.43 Å². The fourth-order valence-electron chi connectivity index (χ4n) is 3.62. The van der Waals surface area contributed by atoms with Crippen LogP contribution in [-0.4, -0.2) is 16.6 Å². The van der Waals surface area contributed by atoms with Crippen molar-refractivity contribution >= 4 is 49.3 Å². The van der Waals surface area contributed by atoms with Gasteiger partial charge in [-0.3, -0.25) is 14.4 Å². The summed E-state index contributed by atoms with van der Waals surface area (Å²) in [5.74, 6) is -0.522. The highest BCUT2D eigenvalue weighted by Gasteiger charge is 2.32. The molecule has 0 spiro atoms. The van der Waals surface area contributed by atoms with Crippen LogP contribution in [-0.2, 0) is 0 Å². The van der Waals surface area contributed by atoms with Gasteiger partial charge in [0.15, 0.2) is 17.0 Å². The largest absolute Gasteiger partial charge is 0.354 e. The zero-order valence-electron chi connectivity index (χ0n) is 13.3. The molecule has 4 aromatic rings. The Bertz CT molecular complexity index is 1350. The first kappa shape index (κ1) is 15.2. The van der Waals surface area contributed by atoms with E-state index in [-0.39, 0.29) is 33.5 Å². The number of aromatic nitrogens is 1. The predicted molar refractivity (Wildman–Crippen MR) is 103 cm³/mol. The highest BCUT2D eigenvalue weighted by molar-refractivity contribution is 9.10. The van der Waals surface area contributed by atoms with Crippen LogP contribution in [0.15, 0.2) is 63.9 Å². The standard InChI is InChI=1S/C21H10BrNO3/c22-10-5-7-15-14(9-10)21(26)18-16(23-15)8-6-13-17(18)20(25)12-4-2-1-3-11(12)19(13)24/h1-9H,(H,23,26). The van der Waals surface area contributed by atoms with Crippen molar-refractivity contribution in [2.75, 3.05) is 0 Å². The van der Waals surface area contributed by atoms with Gasteiger partial charge in [-0.1, -0.05) is 40.2 Å². The topological polar surface area (TPSA) is 67.0 Å². The maximum absolute atomic E-state index is 13.2. The molecule has 26 heavy (non-hydrogen) atoms. The molecule has 1 heterocycles. The number of ketones is 2. The summed E-state index contributed by atoms with van der Waals surface area (Å²) in [6.07, 6.45) is 0. The molecule has 1 aromatic heterocycles. The third-order valence-corrected chi connectivity index (χ3v) is 5.31. The van der Waals surface area contributed by atoms with Gasteiger partial charge < -0.3 is 4.98 Å². The van der Waals surface area contributed by atoms with E-state index in [1.807, 2.05) is 12.1 Å². The van der Waals surface area contributed by atoms with Crippen LogP contribution in [0, 0.1) is 0 Å². The van der Waals surface area contributed by atoms with E-state index >= 15 is 0 Å². The minimum Gasteiger partial charge on any atom is -0.354 e. The highest BCUT2D eigenvalue weighted by atomic mass is 79.9. The maximum Gasteiger partial charge on any atom is 0.198 e. The summed E-state index contributed by atoms with van der Waals surface area (Å²) in [6, 6.07) is 15.4. The zero-order chi connectivity index (χ0) is 18.0. The van der Waals surface area contributed by atoms with Crippen LogP contribution in [0.25, 0.3) is 21.8 Å². The minimum absolute atomic E-state index is 0.189. The number of rotatable bonds is 0. The number of H-pyrrole nitrogens is 1. The van der Waals surface area contributed by atoms with Gasteiger partial charge in [0.05, 0.1) is 10.9 Å². The third kappa shape index (κ3) is 1.92. The molecule has 124 valence electrons. The molecule has 0 saturated carbocycles. The summed E-state index contributed by atoms with van der Waals surface area (Å²) >= 11 is 3.37. The smallest absolute Gasteiger partial charge is 0.198 e. The molecule has 0 unspecified atom stereocenters. The van der Waals surface area contributed by atoms with Crippen LogP contribution in [0.5, 0.6) is 0 Å². The first-order valence-electron chi connectivity index (χ1n) is 8.03. The number of fused-ring (bicyclic) bond motifs is 5. The minimum atomic E-state index is -0.291. The molecule has 5 heteroatoms. The molecule has 0 fully saturated rings. The van der Waals surface area contributed by atoms with E-state index in [1.165, 1.54) is 0 Å².